The van der Waals surface area contributed by atoms with Crippen LogP contribution in [0.3, 0.4) is 0 Å². The number of rotatable bonds is 4. The average molecular weight is 263 g/mol. The van der Waals surface area contributed by atoms with E-state index in [0.717, 1.165) is 25.7 Å². The molecular weight excluding hydrogens is 242 g/mol. The van der Waals surface area contributed by atoms with Crippen molar-refractivity contribution in [3.05, 3.63) is 23.8 Å². The van der Waals surface area contributed by atoms with Crippen molar-refractivity contribution in [1.29, 1.82) is 0 Å². The van der Waals surface area contributed by atoms with Crippen LogP contribution in [0.15, 0.2) is 18.2 Å². The second kappa shape index (κ2) is 5.48. The van der Waals surface area contributed by atoms with Crippen LogP contribution in [-0.2, 0) is 0 Å². The Morgan fingerprint density at radius 1 is 1.32 bits per heavy atom. The highest BCUT2D eigenvalue weighted by atomic mass is 16.3. The Bertz CT molecular complexity index is 468. The van der Waals surface area contributed by atoms with E-state index in [9.17, 15) is 9.90 Å². The number of primary amides is 1. The topological polar surface area (TPSA) is 101 Å². The van der Waals surface area contributed by atoms with Gasteiger partial charge in [0.1, 0.15) is 0 Å². The van der Waals surface area contributed by atoms with Crippen molar-refractivity contribution in [3.8, 4) is 0 Å². The molecule has 1 fully saturated rings. The van der Waals surface area contributed by atoms with Crippen LogP contribution in [0.1, 0.15) is 42.5 Å². The maximum absolute atomic E-state index is 11.3. The summed E-state index contributed by atoms with van der Waals surface area (Å²) in [6, 6.07) is 4.91. The number of carbonyl (C=O) groups is 1. The largest absolute Gasteiger partial charge is 0.399 e. The highest BCUT2D eigenvalue weighted by molar-refractivity contribution is 5.99. The van der Waals surface area contributed by atoms with Gasteiger partial charge in [0.15, 0.2) is 0 Å². The van der Waals surface area contributed by atoms with E-state index >= 15 is 0 Å². The van der Waals surface area contributed by atoms with Crippen LogP contribution >= 0.6 is 0 Å². The van der Waals surface area contributed by atoms with Crippen molar-refractivity contribution < 1.29 is 9.90 Å². The van der Waals surface area contributed by atoms with Gasteiger partial charge in [0, 0.05) is 17.9 Å². The molecule has 1 aliphatic carbocycles. The van der Waals surface area contributed by atoms with Gasteiger partial charge in [-0.25, -0.2) is 0 Å². The van der Waals surface area contributed by atoms with Crippen LogP contribution in [0.25, 0.3) is 0 Å². The average Bonchev–Trinajstić information content (AvgIpc) is 2.37. The molecule has 0 radical (unpaired) electrons. The first-order chi connectivity index (χ1) is 9.00. The summed E-state index contributed by atoms with van der Waals surface area (Å²) in [5.41, 5.74) is 11.9. The molecule has 0 aromatic heterocycles. The number of nitrogens with one attached hydrogen (secondary N) is 1. The molecule has 19 heavy (non-hydrogen) atoms. The highest BCUT2D eigenvalue weighted by Gasteiger charge is 2.29. The predicted molar refractivity (Wildman–Crippen MR) is 75.9 cm³/mol. The van der Waals surface area contributed by atoms with Gasteiger partial charge in [0.25, 0.3) is 5.91 Å². The smallest absolute Gasteiger partial charge is 0.250 e. The van der Waals surface area contributed by atoms with Gasteiger partial charge in [-0.15, -0.1) is 0 Å². The second-order valence-electron chi connectivity index (χ2n) is 5.31. The second-order valence-corrected chi connectivity index (χ2v) is 5.31. The fraction of sp³-hybridized carbons (Fsp3) is 0.500. The van der Waals surface area contributed by atoms with Crippen molar-refractivity contribution in [1.82, 2.24) is 0 Å². The number of anilines is 2. The Balaban J connectivity index is 2.10. The lowest BCUT2D eigenvalue weighted by Crippen LogP contribution is -2.39. The summed E-state index contributed by atoms with van der Waals surface area (Å²) in [7, 11) is 0. The van der Waals surface area contributed by atoms with Crippen molar-refractivity contribution in [2.45, 2.75) is 37.7 Å². The van der Waals surface area contributed by atoms with E-state index < -0.39 is 11.5 Å². The fourth-order valence-electron chi connectivity index (χ4n) is 2.57. The molecule has 0 saturated heterocycles. The fourth-order valence-corrected chi connectivity index (χ4v) is 2.57. The molecule has 1 aliphatic rings. The van der Waals surface area contributed by atoms with Crippen LogP contribution in [0.4, 0.5) is 11.4 Å². The Labute approximate surface area is 113 Å². The summed E-state index contributed by atoms with van der Waals surface area (Å²) in [6.07, 6.45) is 4.82. The summed E-state index contributed by atoms with van der Waals surface area (Å²) < 4.78 is 0. The first-order valence-corrected chi connectivity index (χ1v) is 6.66. The molecule has 104 valence electrons. The van der Waals surface area contributed by atoms with E-state index in [-0.39, 0.29) is 0 Å². The summed E-state index contributed by atoms with van der Waals surface area (Å²) >= 11 is 0. The predicted octanol–water partition coefficient (Wildman–Crippen LogP) is 1.47. The van der Waals surface area contributed by atoms with Crippen molar-refractivity contribution in [3.63, 3.8) is 0 Å². The van der Waals surface area contributed by atoms with Gasteiger partial charge in [-0.05, 0) is 31.0 Å². The van der Waals surface area contributed by atoms with Gasteiger partial charge >= 0.3 is 0 Å². The molecule has 5 nitrogen and oxygen atoms in total. The maximum atomic E-state index is 11.3. The molecule has 0 atom stereocenters. The van der Waals surface area contributed by atoms with Gasteiger partial charge in [-0.1, -0.05) is 19.3 Å². The zero-order valence-electron chi connectivity index (χ0n) is 11.0. The normalized spacial score (nSPS) is 17.9. The molecule has 6 N–H and O–H groups in total. The minimum absolute atomic E-state index is 0.397. The van der Waals surface area contributed by atoms with Crippen LogP contribution < -0.4 is 16.8 Å². The van der Waals surface area contributed by atoms with Crippen LogP contribution in [0, 0.1) is 0 Å². The molecule has 1 saturated carbocycles. The van der Waals surface area contributed by atoms with Gasteiger partial charge in [-0.3, -0.25) is 4.79 Å². The number of benzene rings is 1. The minimum Gasteiger partial charge on any atom is -0.399 e. The molecule has 0 spiro atoms. The molecule has 1 aromatic carbocycles. The Hall–Kier alpha value is -1.75. The number of hydrogen-bond donors (Lipinski definition) is 4. The van der Waals surface area contributed by atoms with Gasteiger partial charge in [0.2, 0.25) is 0 Å². The molecule has 0 bridgehead atoms. The maximum Gasteiger partial charge on any atom is 0.250 e. The number of aliphatic hydroxyl groups is 1. The summed E-state index contributed by atoms with van der Waals surface area (Å²) in [6.45, 7) is 0.413. The van der Waals surface area contributed by atoms with E-state index in [0.29, 0.717) is 23.5 Å². The van der Waals surface area contributed by atoms with Crippen molar-refractivity contribution >= 4 is 17.3 Å². The number of nitrogens with two attached hydrogens (primary N) is 2. The molecule has 1 aromatic rings. The summed E-state index contributed by atoms with van der Waals surface area (Å²) in [5.74, 6) is -0.502. The first-order valence-electron chi connectivity index (χ1n) is 6.66. The molecule has 1 amide bonds. The zero-order chi connectivity index (χ0) is 13.9. The van der Waals surface area contributed by atoms with Gasteiger partial charge in [-0.2, -0.15) is 0 Å². The minimum atomic E-state index is -0.697. The number of hydrogen-bond acceptors (Lipinski definition) is 4. The summed E-state index contributed by atoms with van der Waals surface area (Å²) in [5, 5.41) is 13.5. The standard InChI is InChI=1S/C14H21N3O2/c15-10-4-5-11(13(16)18)12(8-10)17-9-14(19)6-2-1-3-7-14/h4-5,8,17,19H,1-3,6-7,9,15H2,(H2,16,18). The van der Waals surface area contributed by atoms with Crippen LogP contribution in [-0.4, -0.2) is 23.2 Å². The SMILES string of the molecule is NC(=O)c1ccc(N)cc1NCC1(O)CCCCC1. The van der Waals surface area contributed by atoms with Crippen LogP contribution in [0.5, 0.6) is 0 Å². The van der Waals surface area contributed by atoms with Crippen LogP contribution in [0.2, 0.25) is 0 Å². The molecular formula is C14H21N3O2. The van der Waals surface area contributed by atoms with Crippen molar-refractivity contribution in [2.24, 2.45) is 5.73 Å². The Morgan fingerprint density at radius 3 is 2.63 bits per heavy atom. The third kappa shape index (κ3) is 3.38. The quantitative estimate of drug-likeness (QED) is 0.618. The lowest BCUT2D eigenvalue weighted by molar-refractivity contribution is 0.0167. The molecule has 2 rings (SSSR count). The third-order valence-electron chi connectivity index (χ3n) is 3.70. The van der Waals surface area contributed by atoms with Gasteiger partial charge in [0.05, 0.1) is 11.2 Å². The first kappa shape index (κ1) is 13.7. The molecule has 0 unspecified atom stereocenters. The molecule has 5 heteroatoms. The Kier molecular flexibility index (Phi) is 3.95. The van der Waals surface area contributed by atoms with Crippen molar-refractivity contribution in [2.75, 3.05) is 17.6 Å². The number of nitrogen functional groups attached to an aromatic ring is 1. The Morgan fingerprint density at radius 2 is 2.00 bits per heavy atom. The lowest BCUT2D eigenvalue weighted by atomic mass is 9.85. The highest BCUT2D eigenvalue weighted by Crippen LogP contribution is 2.29. The lowest BCUT2D eigenvalue weighted by Gasteiger charge is -2.32. The van der Waals surface area contributed by atoms with E-state index in [4.69, 9.17) is 11.5 Å². The van der Waals surface area contributed by atoms with E-state index in [1.807, 2.05) is 0 Å². The van der Waals surface area contributed by atoms with E-state index in [1.165, 1.54) is 6.42 Å². The zero-order valence-corrected chi connectivity index (χ0v) is 11.0. The van der Waals surface area contributed by atoms with E-state index in [1.54, 1.807) is 18.2 Å². The monoisotopic (exact) mass is 263 g/mol. The molecule has 0 aliphatic heterocycles. The molecule has 0 heterocycles. The van der Waals surface area contributed by atoms with Gasteiger partial charge < -0.3 is 21.9 Å². The van der Waals surface area contributed by atoms with E-state index in [2.05, 4.69) is 5.32 Å². The third-order valence-corrected chi connectivity index (χ3v) is 3.70. The number of amides is 1. The number of carbonyl (C=O) groups excluding carboxylic acids is 1. The summed E-state index contributed by atoms with van der Waals surface area (Å²) in [4.78, 5) is 11.3.